The molecule has 1 fully saturated rings. The van der Waals surface area contributed by atoms with Crippen molar-refractivity contribution in [1.29, 1.82) is 0 Å². The summed E-state index contributed by atoms with van der Waals surface area (Å²) in [6, 6.07) is 13.9. The van der Waals surface area contributed by atoms with Gasteiger partial charge in [0, 0.05) is 35.2 Å². The van der Waals surface area contributed by atoms with Crippen molar-refractivity contribution in [2.45, 2.75) is 31.1 Å². The van der Waals surface area contributed by atoms with Gasteiger partial charge in [-0.3, -0.25) is 4.79 Å². The first-order valence-corrected chi connectivity index (χ1v) is 11.2. The van der Waals surface area contributed by atoms with E-state index < -0.39 is 10.0 Å². The van der Waals surface area contributed by atoms with Crippen LogP contribution in [0.3, 0.4) is 0 Å². The lowest BCUT2D eigenvalue weighted by atomic mass is 10.1. The number of rotatable bonds is 6. The number of hydrogen-bond acceptors (Lipinski definition) is 4. The molecule has 1 aliphatic rings. The number of carbonyl (C=O) groups excluding carboxylic acids is 1. The van der Waals surface area contributed by atoms with Gasteiger partial charge in [0.2, 0.25) is 15.8 Å². The summed E-state index contributed by atoms with van der Waals surface area (Å²) >= 11 is 0. The van der Waals surface area contributed by atoms with E-state index in [0.717, 1.165) is 35.9 Å². The molecule has 6 nitrogen and oxygen atoms in total. The highest BCUT2D eigenvalue weighted by molar-refractivity contribution is 7.89. The van der Waals surface area contributed by atoms with E-state index >= 15 is 0 Å². The zero-order valence-corrected chi connectivity index (χ0v) is 17.2. The topological polar surface area (TPSA) is 79.5 Å². The van der Waals surface area contributed by atoms with Crippen LogP contribution in [-0.2, 0) is 10.0 Å². The lowest BCUT2D eigenvalue weighted by molar-refractivity contribution is 0.0922. The molecule has 0 spiro atoms. The Morgan fingerprint density at radius 2 is 1.72 bits per heavy atom. The summed E-state index contributed by atoms with van der Waals surface area (Å²) < 4.78 is 32.6. The van der Waals surface area contributed by atoms with Crippen molar-refractivity contribution in [2.75, 3.05) is 19.7 Å². The molecule has 0 saturated carbocycles. The summed E-state index contributed by atoms with van der Waals surface area (Å²) in [5.41, 5.74) is 2.35. The number of carbonyl (C=O) groups is 1. The maximum absolute atomic E-state index is 12.7. The van der Waals surface area contributed by atoms with Gasteiger partial charge in [0.1, 0.15) is 5.75 Å². The number of H-pyrrole nitrogens is 1. The van der Waals surface area contributed by atoms with Gasteiger partial charge in [-0.25, -0.2) is 8.42 Å². The smallest absolute Gasteiger partial charge is 0.243 e. The van der Waals surface area contributed by atoms with Crippen LogP contribution in [0.1, 0.15) is 35.3 Å². The number of aryl methyl sites for hydroxylation is 1. The molecule has 0 radical (unpaired) electrons. The highest BCUT2D eigenvalue weighted by Crippen LogP contribution is 2.24. The van der Waals surface area contributed by atoms with Gasteiger partial charge in [-0.15, -0.1) is 0 Å². The SMILES string of the molecule is Cc1[nH]c2ccccc2c1C(=O)COc1ccc(S(=O)(=O)N2CCCCC2)cc1. The molecule has 4 rings (SSSR count). The number of aromatic nitrogens is 1. The van der Waals surface area contributed by atoms with Crippen LogP contribution >= 0.6 is 0 Å². The minimum absolute atomic E-state index is 0.110. The Bertz CT molecular complexity index is 1130. The first-order valence-electron chi connectivity index (χ1n) is 9.80. The molecule has 2 aromatic carbocycles. The zero-order chi connectivity index (χ0) is 20.4. The maximum atomic E-state index is 12.7. The van der Waals surface area contributed by atoms with Crippen LogP contribution in [0.25, 0.3) is 10.9 Å². The summed E-state index contributed by atoms with van der Waals surface area (Å²) in [4.78, 5) is 16.2. The minimum Gasteiger partial charge on any atom is -0.485 e. The van der Waals surface area contributed by atoms with E-state index in [2.05, 4.69) is 4.98 Å². The molecule has 152 valence electrons. The van der Waals surface area contributed by atoms with Crippen molar-refractivity contribution >= 4 is 26.7 Å². The molecular formula is C22H24N2O4S. The molecule has 0 unspecified atom stereocenters. The van der Waals surface area contributed by atoms with Crippen LogP contribution < -0.4 is 4.74 Å². The predicted octanol–water partition coefficient (Wildman–Crippen LogP) is 3.91. The number of ether oxygens (including phenoxy) is 1. The van der Waals surface area contributed by atoms with Gasteiger partial charge < -0.3 is 9.72 Å². The van der Waals surface area contributed by atoms with E-state index in [9.17, 15) is 13.2 Å². The highest BCUT2D eigenvalue weighted by atomic mass is 32.2. The third-order valence-electron chi connectivity index (χ3n) is 5.32. The average molecular weight is 413 g/mol. The normalized spacial score (nSPS) is 15.5. The third kappa shape index (κ3) is 3.93. The van der Waals surface area contributed by atoms with E-state index in [1.165, 1.54) is 4.31 Å². The number of ketones is 1. The largest absolute Gasteiger partial charge is 0.485 e. The Kier molecular flexibility index (Phi) is 5.43. The van der Waals surface area contributed by atoms with E-state index in [4.69, 9.17) is 4.74 Å². The summed E-state index contributed by atoms with van der Waals surface area (Å²) in [6.07, 6.45) is 2.87. The number of nitrogens with one attached hydrogen (secondary N) is 1. The molecule has 0 aliphatic carbocycles. The molecule has 0 bridgehead atoms. The number of benzene rings is 2. The third-order valence-corrected chi connectivity index (χ3v) is 7.23. The summed E-state index contributed by atoms with van der Waals surface area (Å²) in [5.74, 6) is 0.346. The standard InChI is InChI=1S/C22H24N2O4S/c1-16-22(19-7-3-4-8-20(19)23-16)21(25)15-28-17-9-11-18(12-10-17)29(26,27)24-13-5-2-6-14-24/h3-4,7-12,23H,2,5-6,13-15H2,1H3. The lowest BCUT2D eigenvalue weighted by Gasteiger charge is -2.25. The van der Waals surface area contributed by atoms with Gasteiger partial charge in [-0.1, -0.05) is 24.6 Å². The summed E-state index contributed by atoms with van der Waals surface area (Å²) in [5, 5.41) is 0.876. The van der Waals surface area contributed by atoms with Gasteiger partial charge in [-0.2, -0.15) is 4.31 Å². The van der Waals surface area contributed by atoms with Gasteiger partial charge in [-0.05, 0) is 50.1 Å². The first kappa shape index (κ1) is 19.7. The Morgan fingerprint density at radius 1 is 1.03 bits per heavy atom. The van der Waals surface area contributed by atoms with Crippen molar-refractivity contribution in [1.82, 2.24) is 9.29 Å². The van der Waals surface area contributed by atoms with Gasteiger partial charge in [0.15, 0.2) is 6.61 Å². The molecule has 0 amide bonds. The fraction of sp³-hybridized carbons (Fsp3) is 0.318. The van der Waals surface area contributed by atoms with Crippen LogP contribution in [0.5, 0.6) is 5.75 Å². The fourth-order valence-corrected chi connectivity index (χ4v) is 5.34. The molecular weight excluding hydrogens is 388 g/mol. The maximum Gasteiger partial charge on any atom is 0.243 e. The van der Waals surface area contributed by atoms with Crippen molar-refractivity contribution in [2.24, 2.45) is 0 Å². The lowest BCUT2D eigenvalue weighted by Crippen LogP contribution is -2.35. The molecule has 1 aliphatic heterocycles. The predicted molar refractivity (Wildman–Crippen MR) is 112 cm³/mol. The molecule has 0 atom stereocenters. The first-order chi connectivity index (χ1) is 14.0. The minimum atomic E-state index is -3.47. The molecule has 1 saturated heterocycles. The fourth-order valence-electron chi connectivity index (χ4n) is 3.82. The Morgan fingerprint density at radius 3 is 2.45 bits per heavy atom. The van der Waals surface area contributed by atoms with Gasteiger partial charge in [0.25, 0.3) is 0 Å². The Hall–Kier alpha value is -2.64. The quantitative estimate of drug-likeness (QED) is 0.623. The second kappa shape index (κ2) is 8.00. The van der Waals surface area contributed by atoms with Gasteiger partial charge in [0.05, 0.1) is 4.90 Å². The Labute approximate surface area is 170 Å². The monoisotopic (exact) mass is 412 g/mol. The van der Waals surface area contributed by atoms with Crippen molar-refractivity contribution < 1.29 is 17.9 Å². The van der Waals surface area contributed by atoms with Crippen molar-refractivity contribution in [3.63, 3.8) is 0 Å². The molecule has 3 aromatic rings. The number of sulfonamides is 1. The number of para-hydroxylation sites is 1. The van der Waals surface area contributed by atoms with E-state index in [-0.39, 0.29) is 17.3 Å². The van der Waals surface area contributed by atoms with Crippen LogP contribution in [0.2, 0.25) is 0 Å². The number of piperidine rings is 1. The van der Waals surface area contributed by atoms with Crippen LogP contribution in [-0.4, -0.2) is 43.2 Å². The zero-order valence-electron chi connectivity index (χ0n) is 16.3. The van der Waals surface area contributed by atoms with Gasteiger partial charge >= 0.3 is 0 Å². The van der Waals surface area contributed by atoms with Crippen molar-refractivity contribution in [3.05, 3.63) is 59.8 Å². The number of Topliss-reactive ketones (excluding diaryl/α,β-unsaturated/α-hetero) is 1. The number of fused-ring (bicyclic) bond motifs is 1. The van der Waals surface area contributed by atoms with Crippen LogP contribution in [0, 0.1) is 6.92 Å². The number of hydrogen-bond donors (Lipinski definition) is 1. The highest BCUT2D eigenvalue weighted by Gasteiger charge is 2.25. The number of nitrogens with zero attached hydrogens (tertiary/aromatic N) is 1. The molecule has 1 N–H and O–H groups in total. The van der Waals surface area contributed by atoms with Crippen molar-refractivity contribution in [3.8, 4) is 5.75 Å². The van der Waals surface area contributed by atoms with Crippen LogP contribution in [0.4, 0.5) is 0 Å². The molecule has 7 heteroatoms. The van der Waals surface area contributed by atoms with Crippen LogP contribution in [0.15, 0.2) is 53.4 Å². The molecule has 1 aromatic heterocycles. The summed E-state index contributed by atoms with van der Waals surface area (Å²) in [7, 11) is -3.47. The second-order valence-electron chi connectivity index (χ2n) is 7.32. The molecule has 29 heavy (non-hydrogen) atoms. The number of aromatic amines is 1. The second-order valence-corrected chi connectivity index (χ2v) is 9.26. The Balaban J connectivity index is 1.45. The average Bonchev–Trinajstić information content (AvgIpc) is 3.08. The summed E-state index contributed by atoms with van der Waals surface area (Å²) in [6.45, 7) is 2.90. The van der Waals surface area contributed by atoms with E-state index in [1.54, 1.807) is 24.3 Å². The van der Waals surface area contributed by atoms with E-state index in [1.807, 2.05) is 31.2 Å². The molecule has 2 heterocycles. The van der Waals surface area contributed by atoms with E-state index in [0.29, 0.717) is 24.4 Å².